The van der Waals surface area contributed by atoms with Crippen molar-refractivity contribution in [3.8, 4) is 0 Å². The van der Waals surface area contributed by atoms with Crippen molar-refractivity contribution in [1.82, 2.24) is 4.98 Å². The molecule has 0 bridgehead atoms. The van der Waals surface area contributed by atoms with Crippen molar-refractivity contribution in [3.05, 3.63) is 29.6 Å². The molecule has 2 atom stereocenters. The van der Waals surface area contributed by atoms with E-state index in [0.717, 1.165) is 6.20 Å². The highest BCUT2D eigenvalue weighted by Crippen LogP contribution is 2.64. The number of nitrogens with two attached hydrogens (primary N) is 1. The topological polar surface area (TPSA) is 38.9 Å². The molecule has 1 aromatic rings. The van der Waals surface area contributed by atoms with E-state index in [-0.39, 0.29) is 17.3 Å². The van der Waals surface area contributed by atoms with Crippen LogP contribution in [-0.4, -0.2) is 11.5 Å². The molecule has 2 rings (SSSR count). The molecule has 1 heterocycles. The number of rotatable bonds is 2. The molecule has 0 radical (unpaired) electrons. The zero-order valence-electron chi connectivity index (χ0n) is 9.75. The second-order valence-corrected chi connectivity index (χ2v) is 5.10. The first-order valence-electron chi connectivity index (χ1n) is 5.51. The minimum absolute atomic E-state index is 0.117. The Morgan fingerprint density at radius 1 is 1.41 bits per heavy atom. The van der Waals surface area contributed by atoms with Gasteiger partial charge in [-0.15, -0.1) is 0 Å². The van der Waals surface area contributed by atoms with Gasteiger partial charge < -0.3 is 5.73 Å². The van der Waals surface area contributed by atoms with Crippen molar-refractivity contribution >= 4 is 0 Å². The van der Waals surface area contributed by atoms with E-state index in [1.165, 1.54) is 12.3 Å². The van der Waals surface area contributed by atoms with Gasteiger partial charge in [0.2, 0.25) is 0 Å². The van der Waals surface area contributed by atoms with Crippen molar-refractivity contribution < 1.29 is 13.2 Å². The predicted octanol–water partition coefficient (Wildman–Crippen LogP) is 2.80. The zero-order chi connectivity index (χ0) is 12.8. The molecule has 1 aromatic heterocycles. The van der Waals surface area contributed by atoms with E-state index < -0.39 is 11.7 Å². The van der Waals surface area contributed by atoms with Crippen LogP contribution in [0.5, 0.6) is 0 Å². The molecule has 94 valence electrons. The lowest BCUT2D eigenvalue weighted by Crippen LogP contribution is -2.10. The van der Waals surface area contributed by atoms with Gasteiger partial charge in [0.25, 0.3) is 0 Å². The van der Waals surface area contributed by atoms with E-state index in [9.17, 15) is 13.2 Å². The summed E-state index contributed by atoms with van der Waals surface area (Å²) in [6.45, 7) is 4.32. The van der Waals surface area contributed by atoms with Gasteiger partial charge in [0.15, 0.2) is 0 Å². The quantitative estimate of drug-likeness (QED) is 0.868. The molecule has 0 unspecified atom stereocenters. The van der Waals surface area contributed by atoms with Crippen LogP contribution >= 0.6 is 0 Å². The first kappa shape index (κ1) is 12.4. The Bertz CT molecular complexity index is 426. The molecule has 1 aliphatic rings. The van der Waals surface area contributed by atoms with Crippen molar-refractivity contribution in [3.63, 3.8) is 0 Å². The largest absolute Gasteiger partial charge is 0.418 e. The van der Waals surface area contributed by atoms with Crippen LogP contribution in [0.25, 0.3) is 0 Å². The van der Waals surface area contributed by atoms with E-state index in [4.69, 9.17) is 5.73 Å². The average molecular weight is 244 g/mol. The van der Waals surface area contributed by atoms with Crippen LogP contribution in [-0.2, 0) is 6.18 Å². The molecule has 0 aliphatic heterocycles. The molecule has 1 aliphatic carbocycles. The summed E-state index contributed by atoms with van der Waals surface area (Å²) in [7, 11) is 0. The van der Waals surface area contributed by atoms with E-state index in [1.54, 1.807) is 0 Å². The number of halogens is 3. The van der Waals surface area contributed by atoms with Gasteiger partial charge in [-0.3, -0.25) is 4.98 Å². The third-order valence-corrected chi connectivity index (χ3v) is 3.80. The Balaban J connectivity index is 2.42. The summed E-state index contributed by atoms with van der Waals surface area (Å²) in [6.07, 6.45) is -2.04. The number of nitrogens with zero attached hydrogens (tertiary/aromatic N) is 1. The molecule has 1 saturated carbocycles. The van der Waals surface area contributed by atoms with E-state index in [1.807, 2.05) is 13.8 Å². The lowest BCUT2D eigenvalue weighted by atomic mass is 9.99. The van der Waals surface area contributed by atoms with Gasteiger partial charge in [-0.25, -0.2) is 0 Å². The molecule has 0 amide bonds. The van der Waals surface area contributed by atoms with Gasteiger partial charge >= 0.3 is 6.18 Å². The highest BCUT2D eigenvalue weighted by molar-refractivity contribution is 5.38. The van der Waals surface area contributed by atoms with Crippen LogP contribution in [0.1, 0.15) is 30.9 Å². The summed E-state index contributed by atoms with van der Waals surface area (Å²) in [4.78, 5) is 3.57. The molecule has 0 saturated heterocycles. The van der Waals surface area contributed by atoms with E-state index >= 15 is 0 Å². The molecule has 2 N–H and O–H groups in total. The van der Waals surface area contributed by atoms with Gasteiger partial charge in [-0.1, -0.05) is 13.8 Å². The summed E-state index contributed by atoms with van der Waals surface area (Å²) in [5, 5.41) is 0. The van der Waals surface area contributed by atoms with Gasteiger partial charge in [0, 0.05) is 12.4 Å². The molecule has 5 heteroatoms. The summed E-state index contributed by atoms with van der Waals surface area (Å²) >= 11 is 0. The molecule has 2 nitrogen and oxygen atoms in total. The maximum absolute atomic E-state index is 12.8. The highest BCUT2D eigenvalue weighted by atomic mass is 19.4. The van der Waals surface area contributed by atoms with Crippen LogP contribution in [0.3, 0.4) is 0 Å². The van der Waals surface area contributed by atoms with E-state index in [0.29, 0.717) is 12.1 Å². The fraction of sp³-hybridized carbons (Fsp3) is 0.583. The Hall–Kier alpha value is -1.10. The molecule has 17 heavy (non-hydrogen) atoms. The second-order valence-electron chi connectivity index (χ2n) is 5.10. The maximum atomic E-state index is 12.8. The second kappa shape index (κ2) is 3.70. The molecule has 0 aromatic carbocycles. The predicted molar refractivity (Wildman–Crippen MR) is 58.3 cm³/mol. The third kappa shape index (κ3) is 1.92. The fourth-order valence-corrected chi connectivity index (χ4v) is 2.71. The summed E-state index contributed by atoms with van der Waals surface area (Å²) in [5.41, 5.74) is 5.14. The fourth-order valence-electron chi connectivity index (χ4n) is 2.71. The SMILES string of the molecule is CC1(C)[C@@H](CN)[C@@H]1c1ccncc1C(F)(F)F. The van der Waals surface area contributed by atoms with Gasteiger partial charge in [0.05, 0.1) is 5.56 Å². The number of pyridine rings is 1. The minimum atomic E-state index is -4.35. The highest BCUT2D eigenvalue weighted by Gasteiger charge is 2.59. The van der Waals surface area contributed by atoms with Crippen molar-refractivity contribution in [2.75, 3.05) is 6.54 Å². The minimum Gasteiger partial charge on any atom is -0.330 e. The lowest BCUT2D eigenvalue weighted by Gasteiger charge is -2.12. The van der Waals surface area contributed by atoms with Crippen LogP contribution in [0, 0.1) is 11.3 Å². The average Bonchev–Trinajstić information content (AvgIpc) is 2.79. The zero-order valence-corrected chi connectivity index (χ0v) is 9.75. The van der Waals surface area contributed by atoms with Gasteiger partial charge in [-0.05, 0) is 35.4 Å². The number of aromatic nitrogens is 1. The number of hydrogen-bond acceptors (Lipinski definition) is 2. The first-order valence-corrected chi connectivity index (χ1v) is 5.51. The Labute approximate surface area is 98.0 Å². The Kier molecular flexibility index (Phi) is 2.69. The summed E-state index contributed by atoms with van der Waals surface area (Å²) in [6, 6.07) is 1.46. The van der Waals surface area contributed by atoms with Crippen molar-refractivity contribution in [1.29, 1.82) is 0 Å². The van der Waals surface area contributed by atoms with E-state index in [2.05, 4.69) is 4.98 Å². The van der Waals surface area contributed by atoms with Crippen LogP contribution in [0.2, 0.25) is 0 Å². The summed E-state index contributed by atoms with van der Waals surface area (Å²) in [5.74, 6) is -0.00174. The standard InChI is InChI=1S/C12H15F3N2/c1-11(2)8(5-16)10(11)7-3-4-17-6-9(7)12(13,14)15/h3-4,6,8,10H,5,16H2,1-2H3/t8-,10-/m0/s1. The summed E-state index contributed by atoms with van der Waals surface area (Å²) < 4.78 is 38.5. The van der Waals surface area contributed by atoms with Crippen molar-refractivity contribution in [2.24, 2.45) is 17.1 Å². The number of alkyl halides is 3. The third-order valence-electron chi connectivity index (χ3n) is 3.80. The molecular formula is C12H15F3N2. The lowest BCUT2D eigenvalue weighted by molar-refractivity contribution is -0.138. The van der Waals surface area contributed by atoms with Crippen LogP contribution < -0.4 is 5.73 Å². The normalized spacial score (nSPS) is 26.9. The molecule has 1 fully saturated rings. The first-order chi connectivity index (χ1) is 7.80. The van der Waals surface area contributed by atoms with Crippen molar-refractivity contribution in [2.45, 2.75) is 25.9 Å². The van der Waals surface area contributed by atoms with Gasteiger partial charge in [-0.2, -0.15) is 13.2 Å². The number of hydrogen-bond donors (Lipinski definition) is 1. The molecule has 0 spiro atoms. The smallest absolute Gasteiger partial charge is 0.330 e. The monoisotopic (exact) mass is 244 g/mol. The molecular weight excluding hydrogens is 229 g/mol. The Morgan fingerprint density at radius 3 is 2.53 bits per heavy atom. The van der Waals surface area contributed by atoms with Gasteiger partial charge in [0.1, 0.15) is 0 Å². The van der Waals surface area contributed by atoms with Crippen LogP contribution in [0.15, 0.2) is 18.5 Å². The maximum Gasteiger partial charge on any atom is 0.418 e. The van der Waals surface area contributed by atoms with Crippen LogP contribution in [0.4, 0.5) is 13.2 Å². The Morgan fingerprint density at radius 2 is 2.06 bits per heavy atom.